The fraction of sp³-hybridized carbons (Fsp3) is 0.120. The number of ether oxygens (including phenoxy) is 2. The molecule has 9 nitrogen and oxygen atoms in total. The van der Waals surface area contributed by atoms with Crippen LogP contribution in [0.2, 0.25) is 0 Å². The molecule has 1 amide bonds. The summed E-state index contributed by atoms with van der Waals surface area (Å²) in [6.07, 6.45) is 3.51. The number of fused-ring (bicyclic) bond motifs is 1. The number of hydrogen-bond acceptors (Lipinski definition) is 6. The molecular formula is C25H22N4O5. The molecular weight excluding hydrogens is 436 g/mol. The Bertz CT molecular complexity index is 1350. The van der Waals surface area contributed by atoms with Gasteiger partial charge in [0.2, 0.25) is 0 Å². The maximum Gasteiger partial charge on any atom is 0.271 e. The summed E-state index contributed by atoms with van der Waals surface area (Å²) < 4.78 is 12.4. The lowest BCUT2D eigenvalue weighted by Gasteiger charge is -2.07. The molecule has 172 valence electrons. The van der Waals surface area contributed by atoms with Crippen LogP contribution in [-0.4, -0.2) is 35.8 Å². The van der Waals surface area contributed by atoms with Crippen molar-refractivity contribution in [3.8, 4) is 11.5 Å². The number of carbonyl (C=O) groups is 1. The Labute approximate surface area is 195 Å². The lowest BCUT2D eigenvalue weighted by atomic mass is 10.2. The maximum absolute atomic E-state index is 12.6. The van der Waals surface area contributed by atoms with Gasteiger partial charge in [-0.25, -0.2) is 5.43 Å². The third-order valence-electron chi connectivity index (χ3n) is 5.30. The van der Waals surface area contributed by atoms with E-state index in [0.29, 0.717) is 23.6 Å². The standard InChI is InChI=1S/C25H22N4O5/c1-33-21-11-18(12-22(13-21)34-2)25(30)27-26-14-19-16-28(24-6-4-3-5-23(19)24)15-17-7-9-20(10-8-17)29(31)32/h3-14,16H,15H2,1-2H3,(H,27,30). The van der Waals surface area contributed by atoms with Gasteiger partial charge < -0.3 is 14.0 Å². The average molecular weight is 458 g/mol. The Hall–Kier alpha value is -4.66. The molecule has 3 aromatic carbocycles. The Morgan fingerprint density at radius 3 is 2.38 bits per heavy atom. The molecule has 1 heterocycles. The van der Waals surface area contributed by atoms with Gasteiger partial charge in [-0.1, -0.05) is 30.3 Å². The van der Waals surface area contributed by atoms with E-state index in [1.165, 1.54) is 26.4 Å². The second-order valence-electron chi connectivity index (χ2n) is 7.45. The first-order valence-electron chi connectivity index (χ1n) is 10.4. The van der Waals surface area contributed by atoms with Crippen LogP contribution in [0.5, 0.6) is 11.5 Å². The van der Waals surface area contributed by atoms with Crippen LogP contribution < -0.4 is 14.9 Å². The molecule has 0 atom stereocenters. The number of non-ortho nitro benzene ring substituents is 1. The largest absolute Gasteiger partial charge is 0.497 e. The topological polar surface area (TPSA) is 108 Å². The van der Waals surface area contributed by atoms with Gasteiger partial charge in [-0.2, -0.15) is 5.10 Å². The van der Waals surface area contributed by atoms with E-state index in [1.807, 2.05) is 35.0 Å². The first kappa shape index (κ1) is 22.5. The second-order valence-corrected chi connectivity index (χ2v) is 7.45. The lowest BCUT2D eigenvalue weighted by Crippen LogP contribution is -2.17. The highest BCUT2D eigenvalue weighted by molar-refractivity contribution is 6.00. The van der Waals surface area contributed by atoms with Crippen LogP contribution >= 0.6 is 0 Å². The van der Waals surface area contributed by atoms with Gasteiger partial charge in [0.1, 0.15) is 11.5 Å². The van der Waals surface area contributed by atoms with Crippen LogP contribution in [0.3, 0.4) is 0 Å². The van der Waals surface area contributed by atoms with Gasteiger partial charge in [-0.3, -0.25) is 14.9 Å². The van der Waals surface area contributed by atoms with Crippen LogP contribution in [0.4, 0.5) is 5.69 Å². The Kier molecular flexibility index (Phi) is 6.54. The van der Waals surface area contributed by atoms with E-state index in [9.17, 15) is 14.9 Å². The highest BCUT2D eigenvalue weighted by Gasteiger charge is 2.11. The van der Waals surface area contributed by atoms with Crippen molar-refractivity contribution in [2.75, 3.05) is 14.2 Å². The smallest absolute Gasteiger partial charge is 0.271 e. The third-order valence-corrected chi connectivity index (χ3v) is 5.30. The van der Waals surface area contributed by atoms with Crippen molar-refractivity contribution in [1.29, 1.82) is 0 Å². The zero-order chi connectivity index (χ0) is 24.1. The molecule has 34 heavy (non-hydrogen) atoms. The van der Waals surface area contributed by atoms with E-state index in [0.717, 1.165) is 22.0 Å². The summed E-state index contributed by atoms with van der Waals surface area (Å²) in [6, 6.07) is 19.2. The van der Waals surface area contributed by atoms with Crippen molar-refractivity contribution in [3.05, 3.63) is 99.7 Å². The third kappa shape index (κ3) is 4.88. The highest BCUT2D eigenvalue weighted by Crippen LogP contribution is 2.23. The number of benzene rings is 3. The van der Waals surface area contributed by atoms with E-state index in [-0.39, 0.29) is 5.69 Å². The molecule has 0 spiro atoms. The number of amides is 1. The lowest BCUT2D eigenvalue weighted by molar-refractivity contribution is -0.384. The van der Waals surface area contributed by atoms with Gasteiger partial charge in [0.15, 0.2) is 0 Å². The molecule has 1 aromatic heterocycles. The number of nitro benzene ring substituents is 1. The number of hydrazone groups is 1. The Balaban J connectivity index is 1.54. The molecule has 4 rings (SSSR count). The monoisotopic (exact) mass is 458 g/mol. The summed E-state index contributed by atoms with van der Waals surface area (Å²) in [5.41, 5.74) is 5.67. The number of aromatic nitrogens is 1. The van der Waals surface area contributed by atoms with Crippen molar-refractivity contribution in [2.24, 2.45) is 5.10 Å². The molecule has 0 saturated heterocycles. The summed E-state index contributed by atoms with van der Waals surface area (Å²) in [5.74, 6) is 0.605. The number of carbonyl (C=O) groups excluding carboxylic acids is 1. The predicted octanol–water partition coefficient (Wildman–Crippen LogP) is 4.38. The van der Waals surface area contributed by atoms with Crippen LogP contribution in [0.15, 0.2) is 78.0 Å². The number of rotatable bonds is 8. The molecule has 9 heteroatoms. The molecule has 0 aliphatic rings. The summed E-state index contributed by atoms with van der Waals surface area (Å²) in [6.45, 7) is 0.530. The van der Waals surface area contributed by atoms with Gasteiger partial charge in [0.25, 0.3) is 11.6 Å². The number of nitrogens with one attached hydrogen (secondary N) is 1. The fourth-order valence-corrected chi connectivity index (χ4v) is 3.59. The number of nitro groups is 1. The van der Waals surface area contributed by atoms with Crippen molar-refractivity contribution in [1.82, 2.24) is 9.99 Å². The molecule has 0 fully saturated rings. The first-order chi connectivity index (χ1) is 16.5. The Morgan fingerprint density at radius 2 is 1.74 bits per heavy atom. The fourth-order valence-electron chi connectivity index (χ4n) is 3.59. The van der Waals surface area contributed by atoms with Crippen molar-refractivity contribution in [2.45, 2.75) is 6.54 Å². The van der Waals surface area contributed by atoms with E-state index >= 15 is 0 Å². The average Bonchev–Trinajstić information content (AvgIpc) is 3.21. The molecule has 4 aromatic rings. The first-order valence-corrected chi connectivity index (χ1v) is 10.4. The Morgan fingerprint density at radius 1 is 1.06 bits per heavy atom. The van der Waals surface area contributed by atoms with E-state index in [1.54, 1.807) is 36.5 Å². The zero-order valence-corrected chi connectivity index (χ0v) is 18.6. The summed E-state index contributed by atoms with van der Waals surface area (Å²) in [7, 11) is 3.03. The molecule has 0 radical (unpaired) electrons. The normalized spacial score (nSPS) is 11.0. The number of hydrogen-bond donors (Lipinski definition) is 1. The van der Waals surface area contributed by atoms with Gasteiger partial charge in [0.05, 0.1) is 25.4 Å². The summed E-state index contributed by atoms with van der Waals surface area (Å²) in [4.78, 5) is 23.0. The maximum atomic E-state index is 12.6. The van der Waals surface area contributed by atoms with Crippen LogP contribution in [0.25, 0.3) is 10.9 Å². The van der Waals surface area contributed by atoms with Crippen molar-refractivity contribution in [3.63, 3.8) is 0 Å². The molecule has 0 unspecified atom stereocenters. The van der Waals surface area contributed by atoms with Crippen molar-refractivity contribution < 1.29 is 19.2 Å². The van der Waals surface area contributed by atoms with Crippen LogP contribution in [0, 0.1) is 10.1 Å². The van der Waals surface area contributed by atoms with Gasteiger partial charge in [0, 0.05) is 53.0 Å². The zero-order valence-electron chi connectivity index (χ0n) is 18.6. The van der Waals surface area contributed by atoms with Gasteiger partial charge in [-0.05, 0) is 23.8 Å². The molecule has 0 aliphatic carbocycles. The van der Waals surface area contributed by atoms with E-state index in [4.69, 9.17) is 9.47 Å². The minimum Gasteiger partial charge on any atom is -0.497 e. The van der Waals surface area contributed by atoms with Crippen LogP contribution in [0.1, 0.15) is 21.5 Å². The molecule has 1 N–H and O–H groups in total. The number of nitrogens with zero attached hydrogens (tertiary/aromatic N) is 3. The summed E-state index contributed by atoms with van der Waals surface area (Å²) in [5, 5.41) is 16.0. The van der Waals surface area contributed by atoms with Gasteiger partial charge >= 0.3 is 0 Å². The molecule has 0 aliphatic heterocycles. The minimum absolute atomic E-state index is 0.0540. The van der Waals surface area contributed by atoms with E-state index < -0.39 is 10.8 Å². The predicted molar refractivity (Wildman–Crippen MR) is 129 cm³/mol. The van der Waals surface area contributed by atoms with Crippen LogP contribution in [-0.2, 0) is 6.54 Å². The van der Waals surface area contributed by atoms with E-state index in [2.05, 4.69) is 10.5 Å². The van der Waals surface area contributed by atoms with Gasteiger partial charge in [-0.15, -0.1) is 0 Å². The minimum atomic E-state index is -0.417. The SMILES string of the molecule is COc1cc(OC)cc(C(=O)NN=Cc2cn(Cc3ccc([N+](=O)[O-])cc3)c3ccccc23)c1. The highest BCUT2D eigenvalue weighted by atomic mass is 16.6. The molecule has 0 saturated carbocycles. The second kappa shape index (κ2) is 9.86. The summed E-state index contributed by atoms with van der Waals surface area (Å²) >= 11 is 0. The van der Waals surface area contributed by atoms with Crippen molar-refractivity contribution >= 4 is 28.7 Å². The quantitative estimate of drug-likeness (QED) is 0.240. The number of para-hydroxylation sites is 1. The number of methoxy groups -OCH3 is 2. The molecule has 0 bridgehead atoms.